The van der Waals surface area contributed by atoms with Gasteiger partial charge in [0.2, 0.25) is 5.95 Å². The molecule has 19 heavy (non-hydrogen) atoms. The minimum Gasteiger partial charge on any atom is -0.368 e. The molecule has 0 saturated carbocycles. The van der Waals surface area contributed by atoms with Crippen molar-refractivity contribution in [1.82, 2.24) is 9.66 Å². The highest BCUT2D eigenvalue weighted by atomic mass is 79.9. The van der Waals surface area contributed by atoms with Crippen molar-refractivity contribution in [3.05, 3.63) is 44.1 Å². The summed E-state index contributed by atoms with van der Waals surface area (Å²) >= 11 is 5.90. The largest absolute Gasteiger partial charge is 0.368 e. The first-order valence-corrected chi connectivity index (χ1v) is 6.67. The molecule has 4 nitrogen and oxygen atoms in total. The van der Waals surface area contributed by atoms with Crippen LogP contribution in [0.15, 0.2) is 26.3 Å². The van der Waals surface area contributed by atoms with Crippen molar-refractivity contribution in [3.63, 3.8) is 0 Å². The van der Waals surface area contributed by atoms with Crippen LogP contribution in [0.2, 0.25) is 0 Å². The molecule has 0 amide bonds. The van der Waals surface area contributed by atoms with E-state index in [1.54, 1.807) is 13.1 Å². The number of anilines is 1. The normalized spacial score (nSPS) is 11.4. The Kier molecular flexibility index (Phi) is 4.00. The summed E-state index contributed by atoms with van der Waals surface area (Å²) in [6.07, 6.45) is 2.75. The van der Waals surface area contributed by atoms with E-state index in [0.717, 1.165) is 6.07 Å². The van der Waals surface area contributed by atoms with Crippen LogP contribution >= 0.6 is 31.9 Å². The molecule has 2 rings (SSSR count). The Labute approximate surface area is 124 Å². The molecule has 8 heteroatoms. The first-order chi connectivity index (χ1) is 8.90. The van der Waals surface area contributed by atoms with Crippen molar-refractivity contribution in [3.8, 4) is 0 Å². The number of aromatic nitrogens is 2. The summed E-state index contributed by atoms with van der Waals surface area (Å²) in [6.45, 7) is 1.75. The summed E-state index contributed by atoms with van der Waals surface area (Å²) in [6, 6.07) is 1.03. The minimum atomic E-state index is -0.612. The number of nitrogens with two attached hydrogens (primary N) is 1. The summed E-state index contributed by atoms with van der Waals surface area (Å²) in [4.78, 5) is 3.94. The molecular formula is C11H8Br2F2N4. The number of aryl methyl sites for hydroxylation is 1. The smallest absolute Gasteiger partial charge is 0.221 e. The van der Waals surface area contributed by atoms with Crippen molar-refractivity contribution in [1.29, 1.82) is 0 Å². The molecule has 0 aliphatic rings. The molecule has 0 bridgehead atoms. The van der Waals surface area contributed by atoms with Crippen LogP contribution in [-0.2, 0) is 0 Å². The maximum absolute atomic E-state index is 13.7. The number of hydrogen-bond donors (Lipinski definition) is 1. The maximum atomic E-state index is 13.7. The van der Waals surface area contributed by atoms with E-state index in [-0.39, 0.29) is 20.5 Å². The first kappa shape index (κ1) is 14.1. The average Bonchev–Trinajstić information content (AvgIpc) is 2.65. The molecule has 0 saturated heterocycles. The van der Waals surface area contributed by atoms with Crippen LogP contribution in [0.3, 0.4) is 0 Å². The first-order valence-electron chi connectivity index (χ1n) is 5.09. The molecule has 1 aromatic heterocycles. The number of imidazole rings is 1. The van der Waals surface area contributed by atoms with E-state index >= 15 is 0 Å². The monoisotopic (exact) mass is 392 g/mol. The van der Waals surface area contributed by atoms with Crippen LogP contribution in [0.4, 0.5) is 14.7 Å². The molecule has 0 spiro atoms. The van der Waals surface area contributed by atoms with Gasteiger partial charge < -0.3 is 5.73 Å². The second-order valence-corrected chi connectivity index (χ2v) is 5.36. The van der Waals surface area contributed by atoms with E-state index < -0.39 is 11.6 Å². The van der Waals surface area contributed by atoms with Gasteiger partial charge in [0.25, 0.3) is 0 Å². The zero-order chi connectivity index (χ0) is 14.2. The summed E-state index contributed by atoms with van der Waals surface area (Å²) in [5.74, 6) is -1.04. The lowest BCUT2D eigenvalue weighted by Gasteiger charge is -2.04. The fourth-order valence-electron chi connectivity index (χ4n) is 1.41. The number of hydrogen-bond acceptors (Lipinski definition) is 3. The lowest BCUT2D eigenvalue weighted by atomic mass is 10.2. The molecule has 0 fully saturated rings. The van der Waals surface area contributed by atoms with E-state index in [1.807, 2.05) is 0 Å². The van der Waals surface area contributed by atoms with Crippen LogP contribution in [0.25, 0.3) is 0 Å². The molecule has 0 aliphatic heterocycles. The number of halogens is 4. The van der Waals surface area contributed by atoms with Gasteiger partial charge in [0.05, 0.1) is 27.1 Å². The Bertz CT molecular complexity index is 667. The SMILES string of the molecule is Cc1cn(N=Cc2c(F)cc(Br)c(F)c2Br)c(N)n1. The Morgan fingerprint density at radius 1 is 1.42 bits per heavy atom. The van der Waals surface area contributed by atoms with E-state index in [1.165, 1.54) is 10.9 Å². The topological polar surface area (TPSA) is 56.2 Å². The van der Waals surface area contributed by atoms with E-state index in [4.69, 9.17) is 5.73 Å². The second-order valence-electron chi connectivity index (χ2n) is 3.71. The second kappa shape index (κ2) is 5.38. The molecule has 1 heterocycles. The minimum absolute atomic E-state index is 0.00791. The fraction of sp³-hybridized carbons (Fsp3) is 0.0909. The third-order valence-corrected chi connectivity index (χ3v) is 3.65. The summed E-state index contributed by atoms with van der Waals surface area (Å²) in [7, 11) is 0. The van der Waals surface area contributed by atoms with Gasteiger partial charge in [-0.15, -0.1) is 0 Å². The quantitative estimate of drug-likeness (QED) is 0.482. The molecule has 0 radical (unpaired) electrons. The van der Waals surface area contributed by atoms with Crippen molar-refractivity contribution < 1.29 is 8.78 Å². The fourth-order valence-corrected chi connectivity index (χ4v) is 2.59. The number of nitrogens with zero attached hydrogens (tertiary/aromatic N) is 3. The Morgan fingerprint density at radius 3 is 2.68 bits per heavy atom. The summed E-state index contributed by atoms with van der Waals surface area (Å²) in [5.41, 5.74) is 6.26. The third-order valence-electron chi connectivity index (χ3n) is 2.30. The van der Waals surface area contributed by atoms with Gasteiger partial charge in [0.1, 0.15) is 5.82 Å². The molecular weight excluding hydrogens is 386 g/mol. The number of nitrogen functional groups attached to an aromatic ring is 1. The van der Waals surface area contributed by atoms with E-state index in [0.29, 0.717) is 5.69 Å². The molecule has 2 aromatic rings. The van der Waals surface area contributed by atoms with Crippen LogP contribution in [0.5, 0.6) is 0 Å². The highest BCUT2D eigenvalue weighted by Gasteiger charge is 2.14. The molecule has 1 aromatic carbocycles. The van der Waals surface area contributed by atoms with Gasteiger partial charge in [-0.3, -0.25) is 0 Å². The summed E-state index contributed by atoms with van der Waals surface area (Å²) < 4.78 is 28.6. The highest BCUT2D eigenvalue weighted by Crippen LogP contribution is 2.28. The van der Waals surface area contributed by atoms with Crippen molar-refractivity contribution >= 4 is 44.0 Å². The van der Waals surface area contributed by atoms with Gasteiger partial charge in [0.15, 0.2) is 5.82 Å². The maximum Gasteiger partial charge on any atom is 0.221 e. The lowest BCUT2D eigenvalue weighted by molar-refractivity contribution is 0.587. The Balaban J connectivity index is 2.44. The van der Waals surface area contributed by atoms with Crippen molar-refractivity contribution in [2.24, 2.45) is 5.10 Å². The molecule has 0 aliphatic carbocycles. The molecule has 2 N–H and O–H groups in total. The summed E-state index contributed by atoms with van der Waals surface area (Å²) in [5, 5.41) is 3.94. The van der Waals surface area contributed by atoms with Crippen LogP contribution < -0.4 is 5.73 Å². The third kappa shape index (κ3) is 2.84. The van der Waals surface area contributed by atoms with Gasteiger partial charge in [0, 0.05) is 5.56 Å². The van der Waals surface area contributed by atoms with Crippen LogP contribution in [0, 0.1) is 18.6 Å². The Hall–Kier alpha value is -1.28. The zero-order valence-corrected chi connectivity index (χ0v) is 12.8. The van der Waals surface area contributed by atoms with Crippen molar-refractivity contribution in [2.75, 3.05) is 5.73 Å². The standard InChI is InChI=1S/C11H8Br2F2N4/c1-5-4-19(11(16)18-5)17-3-6-8(14)2-7(12)10(15)9(6)13/h2-4H,1H3,(H2,16,18). The number of benzene rings is 1. The van der Waals surface area contributed by atoms with Gasteiger partial charge in [-0.05, 0) is 44.8 Å². The van der Waals surface area contributed by atoms with E-state index in [9.17, 15) is 8.78 Å². The zero-order valence-electron chi connectivity index (χ0n) is 9.66. The Morgan fingerprint density at radius 2 is 2.11 bits per heavy atom. The van der Waals surface area contributed by atoms with Gasteiger partial charge in [-0.1, -0.05) is 0 Å². The average molecular weight is 394 g/mol. The molecule has 100 valence electrons. The van der Waals surface area contributed by atoms with Crippen LogP contribution in [-0.4, -0.2) is 15.9 Å². The van der Waals surface area contributed by atoms with Gasteiger partial charge in [-0.25, -0.2) is 18.4 Å². The number of rotatable bonds is 2. The predicted molar refractivity (Wildman–Crippen MR) is 76.1 cm³/mol. The predicted octanol–water partition coefficient (Wildman–Crippen LogP) is 3.46. The van der Waals surface area contributed by atoms with Crippen molar-refractivity contribution in [2.45, 2.75) is 6.92 Å². The van der Waals surface area contributed by atoms with Crippen LogP contribution in [0.1, 0.15) is 11.3 Å². The van der Waals surface area contributed by atoms with E-state index in [2.05, 4.69) is 41.9 Å². The van der Waals surface area contributed by atoms with Gasteiger partial charge >= 0.3 is 0 Å². The van der Waals surface area contributed by atoms with Gasteiger partial charge in [-0.2, -0.15) is 5.10 Å². The molecule has 0 atom stereocenters. The highest BCUT2D eigenvalue weighted by molar-refractivity contribution is 9.11. The lowest BCUT2D eigenvalue weighted by Crippen LogP contribution is -2.00. The molecule has 0 unspecified atom stereocenters.